The minimum absolute atomic E-state index is 0.299. The second-order valence-electron chi connectivity index (χ2n) is 6.09. The summed E-state index contributed by atoms with van der Waals surface area (Å²) in [6.07, 6.45) is 7.77. The summed E-state index contributed by atoms with van der Waals surface area (Å²) in [7, 11) is 2.10. The molecule has 1 aromatic carbocycles. The first-order valence-electron chi connectivity index (χ1n) is 7.56. The SMILES string of the molecule is C=C(C)CC(NC)C1(c2ccccc2)CCCCC1. The number of benzene rings is 1. The van der Waals surface area contributed by atoms with Gasteiger partial charge in [-0.15, -0.1) is 6.58 Å². The Bertz CT molecular complexity index is 401. The molecule has 0 amide bonds. The van der Waals surface area contributed by atoms with Gasteiger partial charge in [0.15, 0.2) is 0 Å². The first-order valence-corrected chi connectivity index (χ1v) is 7.56. The van der Waals surface area contributed by atoms with Crippen molar-refractivity contribution in [1.82, 2.24) is 5.32 Å². The van der Waals surface area contributed by atoms with Gasteiger partial charge < -0.3 is 5.32 Å². The molecule has 1 aliphatic carbocycles. The molecular weight excluding hydrogens is 230 g/mol. The highest BCUT2D eigenvalue weighted by Crippen LogP contribution is 2.43. The fourth-order valence-electron chi connectivity index (χ4n) is 3.71. The van der Waals surface area contributed by atoms with Gasteiger partial charge in [0.25, 0.3) is 0 Å². The third-order valence-corrected chi connectivity index (χ3v) is 4.66. The normalized spacial score (nSPS) is 19.9. The number of nitrogens with one attached hydrogen (secondary N) is 1. The van der Waals surface area contributed by atoms with E-state index in [4.69, 9.17) is 0 Å². The van der Waals surface area contributed by atoms with Crippen LogP contribution in [0.1, 0.15) is 51.0 Å². The van der Waals surface area contributed by atoms with E-state index in [2.05, 4.69) is 56.2 Å². The van der Waals surface area contributed by atoms with Crippen LogP contribution < -0.4 is 5.32 Å². The summed E-state index contributed by atoms with van der Waals surface area (Å²) < 4.78 is 0. The van der Waals surface area contributed by atoms with Gasteiger partial charge in [-0.2, -0.15) is 0 Å². The molecule has 1 saturated carbocycles. The summed E-state index contributed by atoms with van der Waals surface area (Å²) in [6.45, 7) is 6.27. The van der Waals surface area contributed by atoms with Gasteiger partial charge in [0.2, 0.25) is 0 Å². The van der Waals surface area contributed by atoms with Crippen LogP contribution in [0.4, 0.5) is 0 Å². The Morgan fingerprint density at radius 2 is 1.84 bits per heavy atom. The van der Waals surface area contributed by atoms with Gasteiger partial charge in [0.05, 0.1) is 0 Å². The van der Waals surface area contributed by atoms with E-state index in [0.717, 1.165) is 6.42 Å². The zero-order chi connectivity index (χ0) is 13.7. The van der Waals surface area contributed by atoms with E-state index in [1.165, 1.54) is 43.2 Å². The van der Waals surface area contributed by atoms with E-state index in [0.29, 0.717) is 11.5 Å². The Morgan fingerprint density at radius 3 is 2.37 bits per heavy atom. The van der Waals surface area contributed by atoms with Gasteiger partial charge in [0.1, 0.15) is 0 Å². The predicted molar refractivity (Wildman–Crippen MR) is 83.5 cm³/mol. The van der Waals surface area contributed by atoms with Gasteiger partial charge in [0, 0.05) is 11.5 Å². The van der Waals surface area contributed by atoms with Gasteiger partial charge in [-0.1, -0.05) is 55.2 Å². The van der Waals surface area contributed by atoms with Gasteiger partial charge in [-0.05, 0) is 38.8 Å². The largest absolute Gasteiger partial charge is 0.316 e. The number of likely N-dealkylation sites (N-methyl/N-ethyl adjacent to an activating group) is 1. The molecule has 104 valence electrons. The molecule has 0 aliphatic heterocycles. The third-order valence-electron chi connectivity index (χ3n) is 4.66. The lowest BCUT2D eigenvalue weighted by molar-refractivity contribution is 0.218. The van der Waals surface area contributed by atoms with Crippen LogP contribution >= 0.6 is 0 Å². The first-order chi connectivity index (χ1) is 9.19. The Morgan fingerprint density at radius 1 is 1.21 bits per heavy atom. The van der Waals surface area contributed by atoms with Crippen LogP contribution in [0.15, 0.2) is 42.5 Å². The molecule has 0 bridgehead atoms. The van der Waals surface area contributed by atoms with Crippen molar-refractivity contribution in [1.29, 1.82) is 0 Å². The van der Waals surface area contributed by atoms with Gasteiger partial charge in [-0.25, -0.2) is 0 Å². The highest BCUT2D eigenvalue weighted by molar-refractivity contribution is 5.29. The van der Waals surface area contributed by atoms with Crippen LogP contribution in [0, 0.1) is 0 Å². The van der Waals surface area contributed by atoms with Crippen molar-refractivity contribution >= 4 is 0 Å². The molecule has 0 saturated heterocycles. The summed E-state index contributed by atoms with van der Waals surface area (Å²) in [5.41, 5.74) is 3.09. The van der Waals surface area contributed by atoms with Gasteiger partial charge in [-0.3, -0.25) is 0 Å². The smallest absolute Gasteiger partial charge is 0.0198 e. The monoisotopic (exact) mass is 257 g/mol. The molecule has 1 nitrogen and oxygen atoms in total. The molecule has 1 fully saturated rings. The molecule has 0 aromatic heterocycles. The van der Waals surface area contributed by atoms with E-state index in [1.807, 2.05) is 0 Å². The maximum absolute atomic E-state index is 4.12. The lowest BCUT2D eigenvalue weighted by Crippen LogP contribution is -2.48. The summed E-state index contributed by atoms with van der Waals surface area (Å²) in [6, 6.07) is 11.6. The molecule has 0 spiro atoms. The van der Waals surface area contributed by atoms with Crippen LogP contribution in [0.25, 0.3) is 0 Å². The van der Waals surface area contributed by atoms with E-state index in [1.54, 1.807) is 0 Å². The molecular formula is C18H27N. The topological polar surface area (TPSA) is 12.0 Å². The molecule has 2 rings (SSSR count). The molecule has 0 radical (unpaired) electrons. The van der Waals surface area contributed by atoms with Crippen LogP contribution in [0.5, 0.6) is 0 Å². The molecule has 1 heteroatoms. The van der Waals surface area contributed by atoms with Crippen LogP contribution in [-0.4, -0.2) is 13.1 Å². The first kappa shape index (κ1) is 14.3. The second-order valence-corrected chi connectivity index (χ2v) is 6.09. The lowest BCUT2D eigenvalue weighted by atomic mass is 9.63. The van der Waals surface area contributed by atoms with Crippen LogP contribution in [0.3, 0.4) is 0 Å². The second kappa shape index (κ2) is 6.38. The lowest BCUT2D eigenvalue weighted by Gasteiger charge is -2.44. The average molecular weight is 257 g/mol. The van der Waals surface area contributed by atoms with E-state index in [9.17, 15) is 0 Å². The highest BCUT2D eigenvalue weighted by Gasteiger charge is 2.40. The Labute approximate surface area is 118 Å². The fourth-order valence-corrected chi connectivity index (χ4v) is 3.71. The predicted octanol–water partition coefficient (Wildman–Crippen LogP) is 4.44. The molecule has 1 aromatic rings. The number of hydrogen-bond acceptors (Lipinski definition) is 1. The summed E-state index contributed by atoms with van der Waals surface area (Å²) in [4.78, 5) is 0. The zero-order valence-corrected chi connectivity index (χ0v) is 12.4. The van der Waals surface area contributed by atoms with Crippen molar-refractivity contribution in [3.8, 4) is 0 Å². The Kier molecular flexibility index (Phi) is 4.81. The molecule has 1 N–H and O–H groups in total. The van der Waals surface area contributed by atoms with Crippen molar-refractivity contribution in [3.05, 3.63) is 48.0 Å². The third kappa shape index (κ3) is 3.09. The summed E-state index contributed by atoms with van der Waals surface area (Å²) >= 11 is 0. The molecule has 1 atom stereocenters. The fraction of sp³-hybridized carbons (Fsp3) is 0.556. The van der Waals surface area contributed by atoms with E-state index >= 15 is 0 Å². The molecule has 19 heavy (non-hydrogen) atoms. The van der Waals surface area contributed by atoms with Crippen molar-refractivity contribution in [2.24, 2.45) is 0 Å². The minimum Gasteiger partial charge on any atom is -0.316 e. The Hall–Kier alpha value is -1.08. The van der Waals surface area contributed by atoms with Crippen molar-refractivity contribution in [2.75, 3.05) is 7.05 Å². The van der Waals surface area contributed by atoms with Gasteiger partial charge >= 0.3 is 0 Å². The van der Waals surface area contributed by atoms with E-state index < -0.39 is 0 Å². The van der Waals surface area contributed by atoms with Crippen LogP contribution in [0.2, 0.25) is 0 Å². The summed E-state index contributed by atoms with van der Waals surface area (Å²) in [5.74, 6) is 0. The number of rotatable bonds is 5. The molecule has 1 unspecified atom stereocenters. The van der Waals surface area contributed by atoms with Crippen molar-refractivity contribution < 1.29 is 0 Å². The zero-order valence-electron chi connectivity index (χ0n) is 12.4. The standard InChI is InChI=1S/C18H27N/c1-15(2)14-17(19-3)18(12-8-5-9-13-18)16-10-6-4-7-11-16/h4,6-7,10-11,17,19H,1,5,8-9,12-14H2,2-3H3. The highest BCUT2D eigenvalue weighted by atomic mass is 14.9. The Balaban J connectivity index is 2.35. The summed E-state index contributed by atoms with van der Waals surface area (Å²) in [5, 5.41) is 3.58. The maximum atomic E-state index is 4.12. The molecule has 0 heterocycles. The van der Waals surface area contributed by atoms with E-state index in [-0.39, 0.29) is 0 Å². The quantitative estimate of drug-likeness (QED) is 0.769. The minimum atomic E-state index is 0.299. The maximum Gasteiger partial charge on any atom is 0.0198 e. The number of hydrogen-bond donors (Lipinski definition) is 1. The van der Waals surface area contributed by atoms with Crippen LogP contribution in [-0.2, 0) is 5.41 Å². The van der Waals surface area contributed by atoms with Crippen molar-refractivity contribution in [2.45, 2.75) is 56.9 Å². The average Bonchev–Trinajstić information content (AvgIpc) is 2.46. The van der Waals surface area contributed by atoms with Crippen molar-refractivity contribution in [3.63, 3.8) is 0 Å². The molecule has 1 aliphatic rings.